The molecule has 0 fully saturated rings. The maximum absolute atomic E-state index is 13.9. The van der Waals surface area contributed by atoms with Crippen LogP contribution in [0.3, 0.4) is 0 Å². The molecule has 162 valence electrons. The normalized spacial score (nSPS) is 11.9. The molecule has 3 rings (SSSR count). The summed E-state index contributed by atoms with van der Waals surface area (Å²) in [6.45, 7) is 4.79. The van der Waals surface area contributed by atoms with Crippen molar-refractivity contribution in [3.8, 4) is 0 Å². The Morgan fingerprint density at radius 3 is 2.32 bits per heavy atom. The molecule has 3 aromatic rings. The van der Waals surface area contributed by atoms with Crippen LogP contribution in [0.25, 0.3) is 10.2 Å². The van der Waals surface area contributed by atoms with E-state index in [9.17, 15) is 23.2 Å². The van der Waals surface area contributed by atoms with E-state index in [1.54, 1.807) is 32.0 Å². The Bertz CT molecular complexity index is 1140. The zero-order valence-electron chi connectivity index (χ0n) is 17.0. The first-order valence-electron chi connectivity index (χ1n) is 9.39. The predicted molar refractivity (Wildman–Crippen MR) is 115 cm³/mol. The number of benzene rings is 2. The molecule has 0 spiro atoms. The molecule has 1 heterocycles. The van der Waals surface area contributed by atoms with Crippen LogP contribution in [0.4, 0.5) is 19.6 Å². The molecule has 0 bridgehead atoms. The molecule has 2 aromatic carbocycles. The molecular weight excluding hydrogens is 426 g/mol. The minimum Gasteiger partial charge on any atom is -0.340 e. The number of fused-ring (bicyclic) bond motifs is 1. The van der Waals surface area contributed by atoms with E-state index in [0.717, 1.165) is 22.9 Å². The van der Waals surface area contributed by atoms with Crippen molar-refractivity contribution in [1.29, 1.82) is 0 Å². The zero-order chi connectivity index (χ0) is 22.7. The van der Waals surface area contributed by atoms with Gasteiger partial charge in [-0.1, -0.05) is 31.3 Å². The lowest BCUT2D eigenvalue weighted by molar-refractivity contribution is -0.119. The Kier molecular flexibility index (Phi) is 6.59. The largest absolute Gasteiger partial charge is 0.340 e. The summed E-state index contributed by atoms with van der Waals surface area (Å²) >= 11 is 1.25. The van der Waals surface area contributed by atoms with Crippen LogP contribution >= 0.6 is 11.3 Å². The van der Waals surface area contributed by atoms with Crippen LogP contribution in [-0.2, 0) is 9.59 Å². The number of carbonyl (C=O) groups excluding carboxylic acids is 3. The maximum atomic E-state index is 13.9. The summed E-state index contributed by atoms with van der Waals surface area (Å²) in [6.07, 6.45) is 0. The van der Waals surface area contributed by atoms with E-state index < -0.39 is 35.1 Å². The standard InChI is InChI=1S/C21H20F2N4O3S/c1-10(2)18(27-19(29)17-13(22)5-4-6-14(17)23)20(30)25-12-7-8-15-16(9-12)31-21(26-15)24-11(3)28/h4-10,18H,1-3H3,(H,25,30)(H,27,29)(H,24,26,28). The number of carbonyl (C=O) groups is 3. The average molecular weight is 446 g/mol. The van der Waals surface area contributed by atoms with Gasteiger partial charge in [-0.25, -0.2) is 13.8 Å². The Morgan fingerprint density at radius 2 is 1.71 bits per heavy atom. The molecule has 3 amide bonds. The Labute approximate surface area is 180 Å². The first-order chi connectivity index (χ1) is 14.7. The topological polar surface area (TPSA) is 100 Å². The molecule has 10 heteroatoms. The summed E-state index contributed by atoms with van der Waals surface area (Å²) in [4.78, 5) is 40.7. The van der Waals surface area contributed by atoms with Crippen LogP contribution in [-0.4, -0.2) is 28.7 Å². The van der Waals surface area contributed by atoms with Crippen LogP contribution in [0.2, 0.25) is 0 Å². The summed E-state index contributed by atoms with van der Waals surface area (Å²) in [5, 5.41) is 8.15. The monoisotopic (exact) mass is 446 g/mol. The molecule has 31 heavy (non-hydrogen) atoms. The highest BCUT2D eigenvalue weighted by molar-refractivity contribution is 7.22. The smallest absolute Gasteiger partial charge is 0.257 e. The highest BCUT2D eigenvalue weighted by Gasteiger charge is 2.27. The number of hydrogen-bond acceptors (Lipinski definition) is 5. The lowest BCUT2D eigenvalue weighted by Crippen LogP contribution is -2.47. The number of nitrogens with one attached hydrogen (secondary N) is 3. The van der Waals surface area contributed by atoms with E-state index in [1.165, 1.54) is 18.3 Å². The van der Waals surface area contributed by atoms with E-state index in [1.807, 2.05) is 0 Å². The number of rotatable bonds is 6. The number of thiazole rings is 1. The molecule has 0 radical (unpaired) electrons. The van der Waals surface area contributed by atoms with Gasteiger partial charge in [0.1, 0.15) is 23.2 Å². The fourth-order valence-corrected chi connectivity index (χ4v) is 3.84. The summed E-state index contributed by atoms with van der Waals surface area (Å²) in [7, 11) is 0. The molecule has 3 N–H and O–H groups in total. The third kappa shape index (κ3) is 5.21. The molecular formula is C21H20F2N4O3S. The van der Waals surface area contributed by atoms with Crippen molar-refractivity contribution in [1.82, 2.24) is 10.3 Å². The lowest BCUT2D eigenvalue weighted by atomic mass is 10.0. The number of amides is 3. The van der Waals surface area contributed by atoms with Crippen molar-refractivity contribution in [2.24, 2.45) is 5.92 Å². The highest BCUT2D eigenvalue weighted by atomic mass is 32.1. The minimum absolute atomic E-state index is 0.241. The Morgan fingerprint density at radius 1 is 1.03 bits per heavy atom. The fraction of sp³-hybridized carbons (Fsp3) is 0.238. The number of nitrogens with zero attached hydrogens (tertiary/aromatic N) is 1. The Balaban J connectivity index is 1.77. The van der Waals surface area contributed by atoms with Gasteiger partial charge in [-0.3, -0.25) is 14.4 Å². The van der Waals surface area contributed by atoms with Crippen molar-refractivity contribution in [3.05, 3.63) is 53.6 Å². The number of anilines is 2. The molecule has 1 aromatic heterocycles. The first-order valence-corrected chi connectivity index (χ1v) is 10.2. The zero-order valence-corrected chi connectivity index (χ0v) is 17.8. The van der Waals surface area contributed by atoms with Gasteiger partial charge in [0, 0.05) is 12.6 Å². The van der Waals surface area contributed by atoms with Gasteiger partial charge in [0.25, 0.3) is 5.91 Å². The summed E-state index contributed by atoms with van der Waals surface area (Å²) in [5.74, 6) is -4.16. The van der Waals surface area contributed by atoms with Gasteiger partial charge in [-0.2, -0.15) is 0 Å². The predicted octanol–water partition coefficient (Wildman–Crippen LogP) is 3.93. The minimum atomic E-state index is -1.03. The van der Waals surface area contributed by atoms with Crippen molar-refractivity contribution in [3.63, 3.8) is 0 Å². The van der Waals surface area contributed by atoms with Gasteiger partial charge in [0.15, 0.2) is 5.13 Å². The van der Waals surface area contributed by atoms with E-state index in [0.29, 0.717) is 16.3 Å². The summed E-state index contributed by atoms with van der Waals surface area (Å²) in [6, 6.07) is 7.08. The first kappa shape index (κ1) is 22.3. The van der Waals surface area contributed by atoms with Crippen LogP contribution in [0.5, 0.6) is 0 Å². The quantitative estimate of drug-likeness (QED) is 0.534. The van der Waals surface area contributed by atoms with Crippen molar-refractivity contribution in [2.45, 2.75) is 26.8 Å². The number of aromatic nitrogens is 1. The van der Waals surface area contributed by atoms with Gasteiger partial charge in [-0.05, 0) is 36.2 Å². The van der Waals surface area contributed by atoms with Gasteiger partial charge >= 0.3 is 0 Å². The van der Waals surface area contributed by atoms with Crippen LogP contribution < -0.4 is 16.0 Å². The number of hydrogen-bond donors (Lipinski definition) is 3. The lowest BCUT2D eigenvalue weighted by Gasteiger charge is -2.22. The van der Waals surface area contributed by atoms with E-state index in [-0.39, 0.29) is 11.8 Å². The molecule has 0 aliphatic heterocycles. The van der Waals surface area contributed by atoms with E-state index in [4.69, 9.17) is 0 Å². The van der Waals surface area contributed by atoms with Gasteiger partial charge < -0.3 is 16.0 Å². The SMILES string of the molecule is CC(=O)Nc1nc2ccc(NC(=O)C(NC(=O)c3c(F)cccc3F)C(C)C)cc2s1. The molecule has 7 nitrogen and oxygen atoms in total. The van der Waals surface area contributed by atoms with Gasteiger partial charge in [0.2, 0.25) is 11.8 Å². The maximum Gasteiger partial charge on any atom is 0.257 e. The van der Waals surface area contributed by atoms with Gasteiger partial charge in [-0.15, -0.1) is 0 Å². The van der Waals surface area contributed by atoms with Crippen molar-refractivity contribution >= 4 is 50.1 Å². The van der Waals surface area contributed by atoms with E-state index >= 15 is 0 Å². The molecule has 1 atom stereocenters. The Hall–Kier alpha value is -3.40. The van der Waals surface area contributed by atoms with Gasteiger partial charge in [0.05, 0.1) is 10.2 Å². The fourth-order valence-electron chi connectivity index (χ4n) is 2.89. The van der Waals surface area contributed by atoms with Crippen molar-refractivity contribution in [2.75, 3.05) is 10.6 Å². The van der Waals surface area contributed by atoms with E-state index in [2.05, 4.69) is 20.9 Å². The van der Waals surface area contributed by atoms with Crippen LogP contribution in [0.15, 0.2) is 36.4 Å². The molecule has 0 aliphatic carbocycles. The molecule has 0 saturated carbocycles. The third-order valence-electron chi connectivity index (χ3n) is 4.36. The second-order valence-corrected chi connectivity index (χ2v) is 8.19. The van der Waals surface area contributed by atoms with Crippen molar-refractivity contribution < 1.29 is 23.2 Å². The third-order valence-corrected chi connectivity index (χ3v) is 5.30. The summed E-state index contributed by atoms with van der Waals surface area (Å²) in [5.41, 5.74) is 0.362. The van der Waals surface area contributed by atoms with Crippen LogP contribution in [0, 0.1) is 17.6 Å². The highest BCUT2D eigenvalue weighted by Crippen LogP contribution is 2.28. The summed E-state index contributed by atoms with van der Waals surface area (Å²) < 4.78 is 28.5. The average Bonchev–Trinajstić information content (AvgIpc) is 3.06. The number of halogens is 2. The molecule has 0 aliphatic rings. The second kappa shape index (κ2) is 9.17. The van der Waals surface area contributed by atoms with Crippen LogP contribution in [0.1, 0.15) is 31.1 Å². The second-order valence-electron chi connectivity index (χ2n) is 7.16. The molecule has 0 saturated heterocycles. The molecule has 1 unspecified atom stereocenters.